The maximum atomic E-state index is 4.84. The quantitative estimate of drug-likeness (QED) is 0.916. The Morgan fingerprint density at radius 1 is 1.22 bits per heavy atom. The van der Waals surface area contributed by atoms with Crippen molar-refractivity contribution in [3.8, 4) is 0 Å². The molecule has 0 radical (unpaired) electrons. The van der Waals surface area contributed by atoms with Gasteiger partial charge in [0.15, 0.2) is 0 Å². The van der Waals surface area contributed by atoms with Crippen molar-refractivity contribution in [2.24, 2.45) is 5.41 Å². The number of hydrogen-bond donors (Lipinski definition) is 1. The molecule has 1 aromatic rings. The number of hydrogen-bond acceptors (Lipinski definition) is 5. The lowest BCUT2D eigenvalue weighted by atomic mass is 9.89. The minimum atomic E-state index is 0.173. The van der Waals surface area contributed by atoms with Gasteiger partial charge in [0.25, 0.3) is 0 Å². The normalized spacial score (nSPS) is 27.7. The zero-order chi connectivity index (χ0) is 16.5. The average molecular weight is 337 g/mol. The van der Waals surface area contributed by atoms with Crippen LogP contribution < -0.4 is 5.32 Å². The first-order chi connectivity index (χ1) is 10.8. The van der Waals surface area contributed by atoms with E-state index in [1.807, 2.05) is 11.3 Å². The van der Waals surface area contributed by atoms with Crippen LogP contribution in [0.25, 0.3) is 0 Å². The molecule has 0 aromatic carbocycles. The van der Waals surface area contributed by atoms with E-state index in [1.165, 1.54) is 62.9 Å². The van der Waals surface area contributed by atoms with Gasteiger partial charge in [-0.2, -0.15) is 0 Å². The molecule has 0 aliphatic carbocycles. The molecular weight excluding hydrogens is 304 g/mol. The summed E-state index contributed by atoms with van der Waals surface area (Å²) in [4.78, 5) is 10.1. The molecule has 1 unspecified atom stereocenters. The fourth-order valence-corrected chi connectivity index (χ4v) is 4.50. The summed E-state index contributed by atoms with van der Waals surface area (Å²) in [5, 5.41) is 7.02. The molecule has 23 heavy (non-hydrogen) atoms. The Balaban J connectivity index is 1.46. The van der Waals surface area contributed by atoms with Gasteiger partial charge in [0.1, 0.15) is 0 Å². The molecular formula is C18H32N4S. The first-order valence-electron chi connectivity index (χ1n) is 8.94. The fourth-order valence-electron chi connectivity index (χ4n) is 3.60. The van der Waals surface area contributed by atoms with E-state index >= 15 is 0 Å². The number of nitrogens with zero attached hydrogens (tertiary/aromatic N) is 3. The summed E-state index contributed by atoms with van der Waals surface area (Å²) in [7, 11) is 0. The van der Waals surface area contributed by atoms with Gasteiger partial charge in [-0.25, -0.2) is 4.98 Å². The van der Waals surface area contributed by atoms with E-state index in [0.717, 1.165) is 6.54 Å². The Morgan fingerprint density at radius 2 is 1.91 bits per heavy atom. The van der Waals surface area contributed by atoms with E-state index in [-0.39, 0.29) is 5.41 Å². The van der Waals surface area contributed by atoms with Gasteiger partial charge in [-0.15, -0.1) is 11.3 Å². The van der Waals surface area contributed by atoms with E-state index in [1.54, 1.807) is 0 Å². The Bertz CT molecular complexity index is 505. The summed E-state index contributed by atoms with van der Waals surface area (Å²) in [6.07, 6.45) is 1.32. The zero-order valence-electron chi connectivity index (χ0n) is 15.2. The molecule has 4 nitrogen and oxygen atoms in total. The molecule has 5 heteroatoms. The molecule has 1 aromatic heterocycles. The Labute approximate surface area is 145 Å². The van der Waals surface area contributed by atoms with Crippen LogP contribution in [0, 0.1) is 5.41 Å². The summed E-state index contributed by atoms with van der Waals surface area (Å²) in [5.41, 5.74) is 1.91. The first kappa shape index (κ1) is 17.3. The smallest absolute Gasteiger partial charge is 0.0982 e. The topological polar surface area (TPSA) is 31.4 Å². The Hall–Kier alpha value is -0.490. The molecule has 0 amide bonds. The highest BCUT2D eigenvalue weighted by Crippen LogP contribution is 2.27. The second-order valence-electron chi connectivity index (χ2n) is 8.68. The predicted molar refractivity (Wildman–Crippen MR) is 98.1 cm³/mol. The summed E-state index contributed by atoms with van der Waals surface area (Å²) >= 11 is 1.81. The largest absolute Gasteiger partial charge is 0.316 e. The Morgan fingerprint density at radius 3 is 2.48 bits per heavy atom. The van der Waals surface area contributed by atoms with E-state index in [4.69, 9.17) is 4.98 Å². The molecule has 0 bridgehead atoms. The third kappa shape index (κ3) is 4.53. The van der Waals surface area contributed by atoms with Gasteiger partial charge in [-0.1, -0.05) is 27.7 Å². The van der Waals surface area contributed by atoms with Crippen LogP contribution >= 0.6 is 11.3 Å². The van der Waals surface area contributed by atoms with E-state index in [2.05, 4.69) is 48.2 Å². The molecule has 3 heterocycles. The lowest BCUT2D eigenvalue weighted by Gasteiger charge is -2.38. The zero-order valence-corrected chi connectivity index (χ0v) is 16.0. The number of aromatic nitrogens is 1. The number of nitrogens with one attached hydrogen (secondary N) is 1. The monoisotopic (exact) mass is 336 g/mol. The predicted octanol–water partition coefficient (Wildman–Crippen LogP) is 2.56. The van der Waals surface area contributed by atoms with Crippen molar-refractivity contribution in [1.82, 2.24) is 20.1 Å². The van der Waals surface area contributed by atoms with E-state index in [9.17, 15) is 0 Å². The molecule has 2 fully saturated rings. The maximum Gasteiger partial charge on any atom is 0.0982 e. The molecule has 2 saturated heterocycles. The second-order valence-corrected chi connectivity index (χ2v) is 9.54. The SMILES string of the molecule is CC1(CN2CCN(Cc3csc(C(C)(C)C)n3)CC2)CCNC1. The minimum absolute atomic E-state index is 0.173. The van der Waals surface area contributed by atoms with Gasteiger partial charge >= 0.3 is 0 Å². The third-order valence-electron chi connectivity index (χ3n) is 5.11. The van der Waals surface area contributed by atoms with Crippen LogP contribution in [-0.4, -0.2) is 60.6 Å². The lowest BCUT2D eigenvalue weighted by molar-refractivity contribution is 0.0927. The van der Waals surface area contributed by atoms with E-state index < -0.39 is 0 Å². The van der Waals surface area contributed by atoms with Crippen molar-refractivity contribution in [3.63, 3.8) is 0 Å². The summed E-state index contributed by atoms with van der Waals surface area (Å²) in [5.74, 6) is 0. The van der Waals surface area contributed by atoms with Crippen LogP contribution in [-0.2, 0) is 12.0 Å². The maximum absolute atomic E-state index is 4.84. The molecule has 0 spiro atoms. The summed E-state index contributed by atoms with van der Waals surface area (Å²) in [6, 6.07) is 0. The molecule has 2 aliphatic heterocycles. The molecule has 3 rings (SSSR count). The molecule has 130 valence electrons. The molecule has 1 N–H and O–H groups in total. The van der Waals surface area contributed by atoms with Gasteiger partial charge in [-0.3, -0.25) is 4.90 Å². The van der Waals surface area contributed by atoms with Crippen molar-refractivity contribution in [2.75, 3.05) is 45.8 Å². The second kappa shape index (κ2) is 6.79. The highest BCUT2D eigenvalue weighted by atomic mass is 32.1. The lowest BCUT2D eigenvalue weighted by Crippen LogP contribution is -2.49. The van der Waals surface area contributed by atoms with Crippen molar-refractivity contribution in [3.05, 3.63) is 16.1 Å². The minimum Gasteiger partial charge on any atom is -0.316 e. The number of rotatable bonds is 4. The van der Waals surface area contributed by atoms with Crippen molar-refractivity contribution >= 4 is 11.3 Å². The van der Waals surface area contributed by atoms with Crippen LogP contribution in [0.2, 0.25) is 0 Å². The van der Waals surface area contributed by atoms with Crippen molar-refractivity contribution in [1.29, 1.82) is 0 Å². The summed E-state index contributed by atoms with van der Waals surface area (Å²) < 4.78 is 0. The van der Waals surface area contributed by atoms with E-state index in [0.29, 0.717) is 5.41 Å². The standard InChI is InChI=1S/C18H32N4S/c1-17(2,3)16-20-15(12-23-16)11-21-7-9-22(10-8-21)14-18(4)5-6-19-13-18/h12,19H,5-11,13-14H2,1-4H3. The van der Waals surface area contributed by atoms with Gasteiger partial charge < -0.3 is 10.2 Å². The van der Waals surface area contributed by atoms with Gasteiger partial charge in [0, 0.05) is 56.6 Å². The molecule has 2 aliphatic rings. The molecule has 1 atom stereocenters. The third-order valence-corrected chi connectivity index (χ3v) is 6.42. The number of piperazine rings is 1. The average Bonchev–Trinajstić information content (AvgIpc) is 3.10. The highest BCUT2D eigenvalue weighted by Gasteiger charge is 2.31. The molecule has 0 saturated carbocycles. The van der Waals surface area contributed by atoms with Crippen LogP contribution in [0.5, 0.6) is 0 Å². The number of thiazole rings is 1. The van der Waals surface area contributed by atoms with Gasteiger partial charge in [0.2, 0.25) is 0 Å². The van der Waals surface area contributed by atoms with Crippen LogP contribution in [0.4, 0.5) is 0 Å². The summed E-state index contributed by atoms with van der Waals surface area (Å²) in [6.45, 7) is 18.5. The fraction of sp³-hybridized carbons (Fsp3) is 0.833. The van der Waals surface area contributed by atoms with Crippen molar-refractivity contribution < 1.29 is 0 Å². The first-order valence-corrected chi connectivity index (χ1v) is 9.82. The Kier molecular flexibility index (Phi) is 5.12. The highest BCUT2D eigenvalue weighted by molar-refractivity contribution is 7.09. The van der Waals surface area contributed by atoms with Crippen LogP contribution in [0.1, 0.15) is 44.8 Å². The van der Waals surface area contributed by atoms with Gasteiger partial charge in [-0.05, 0) is 18.4 Å². The van der Waals surface area contributed by atoms with Crippen LogP contribution in [0.3, 0.4) is 0 Å². The van der Waals surface area contributed by atoms with Crippen LogP contribution in [0.15, 0.2) is 5.38 Å². The van der Waals surface area contributed by atoms with Gasteiger partial charge in [0.05, 0.1) is 10.7 Å². The van der Waals surface area contributed by atoms with Crippen molar-refractivity contribution in [2.45, 2.75) is 46.1 Å².